The van der Waals surface area contributed by atoms with Crippen LogP contribution in [-0.2, 0) is 0 Å². The largest absolute Gasteiger partial charge is 0.392 e. The van der Waals surface area contributed by atoms with Gasteiger partial charge in [0.1, 0.15) is 0 Å². The van der Waals surface area contributed by atoms with E-state index in [-0.39, 0.29) is 11.8 Å². The van der Waals surface area contributed by atoms with Gasteiger partial charge in [0.05, 0.1) is 12.1 Å². The molecular weight excluding hydrogens is 202 g/mol. The molecule has 1 aromatic carbocycles. The van der Waals surface area contributed by atoms with Crippen LogP contribution in [0.3, 0.4) is 0 Å². The Labute approximate surface area is 96.5 Å². The summed E-state index contributed by atoms with van der Waals surface area (Å²) in [6, 6.07) is 7.25. The number of aliphatic hydroxyl groups excluding tert-OH is 1. The summed E-state index contributed by atoms with van der Waals surface area (Å²) in [5, 5.41) is 12.1. The van der Waals surface area contributed by atoms with E-state index in [4.69, 9.17) is 5.11 Å². The molecule has 88 valence electrons. The Morgan fingerprint density at radius 1 is 1.31 bits per heavy atom. The number of benzene rings is 1. The minimum atomic E-state index is -0.437. The molecule has 16 heavy (non-hydrogen) atoms. The number of rotatable bonds is 5. The molecule has 0 amide bonds. The van der Waals surface area contributed by atoms with Crippen LogP contribution in [0, 0.1) is 6.92 Å². The van der Waals surface area contributed by atoms with Gasteiger partial charge >= 0.3 is 0 Å². The SMILES string of the molecule is Cc1ccc(C(=O)C(C)NCC(C)O)cc1. The van der Waals surface area contributed by atoms with Crippen LogP contribution in [0.4, 0.5) is 0 Å². The maximum absolute atomic E-state index is 11.9. The molecule has 0 aliphatic carbocycles. The maximum Gasteiger partial charge on any atom is 0.179 e. The number of aliphatic hydroxyl groups is 1. The molecule has 0 radical (unpaired) electrons. The lowest BCUT2D eigenvalue weighted by Crippen LogP contribution is -2.38. The molecule has 0 spiro atoms. The van der Waals surface area contributed by atoms with Gasteiger partial charge in [0.2, 0.25) is 0 Å². The zero-order chi connectivity index (χ0) is 12.1. The van der Waals surface area contributed by atoms with Crippen molar-refractivity contribution >= 4 is 5.78 Å². The lowest BCUT2D eigenvalue weighted by Gasteiger charge is -2.14. The van der Waals surface area contributed by atoms with Gasteiger partial charge in [-0.2, -0.15) is 0 Å². The van der Waals surface area contributed by atoms with Crippen molar-refractivity contribution in [3.05, 3.63) is 35.4 Å². The lowest BCUT2D eigenvalue weighted by atomic mass is 10.0. The van der Waals surface area contributed by atoms with E-state index < -0.39 is 6.10 Å². The Morgan fingerprint density at radius 2 is 1.88 bits per heavy atom. The van der Waals surface area contributed by atoms with Crippen LogP contribution in [0.15, 0.2) is 24.3 Å². The average Bonchev–Trinajstić information content (AvgIpc) is 2.26. The minimum Gasteiger partial charge on any atom is -0.392 e. The quantitative estimate of drug-likeness (QED) is 0.741. The molecule has 2 atom stereocenters. The number of hydrogen-bond donors (Lipinski definition) is 2. The van der Waals surface area contributed by atoms with Crippen LogP contribution < -0.4 is 5.32 Å². The molecule has 0 saturated carbocycles. The summed E-state index contributed by atoms with van der Waals surface area (Å²) in [7, 11) is 0. The molecule has 0 aliphatic heterocycles. The van der Waals surface area contributed by atoms with E-state index in [9.17, 15) is 4.79 Å². The second-order valence-corrected chi connectivity index (χ2v) is 4.21. The highest BCUT2D eigenvalue weighted by molar-refractivity contribution is 5.99. The number of carbonyl (C=O) groups excluding carboxylic acids is 1. The first-order valence-corrected chi connectivity index (χ1v) is 5.53. The Bertz CT molecular complexity index is 343. The number of Topliss-reactive ketones (excluding diaryl/α,β-unsaturated/α-hetero) is 1. The molecule has 3 heteroatoms. The normalized spacial score (nSPS) is 14.5. The first-order chi connectivity index (χ1) is 7.50. The Balaban J connectivity index is 2.60. The van der Waals surface area contributed by atoms with Crippen LogP contribution in [0.1, 0.15) is 29.8 Å². The summed E-state index contributed by atoms with van der Waals surface area (Å²) in [5.74, 6) is 0.0562. The molecule has 1 aromatic rings. The van der Waals surface area contributed by atoms with Gasteiger partial charge in [-0.3, -0.25) is 4.79 Å². The second kappa shape index (κ2) is 5.77. The van der Waals surface area contributed by atoms with Crippen molar-refractivity contribution in [3.63, 3.8) is 0 Å². The third kappa shape index (κ3) is 3.76. The van der Waals surface area contributed by atoms with Crippen molar-refractivity contribution in [2.24, 2.45) is 0 Å². The highest BCUT2D eigenvalue weighted by Gasteiger charge is 2.14. The fraction of sp³-hybridized carbons (Fsp3) is 0.462. The van der Waals surface area contributed by atoms with Gasteiger partial charge in [-0.1, -0.05) is 29.8 Å². The summed E-state index contributed by atoms with van der Waals surface area (Å²) < 4.78 is 0. The summed E-state index contributed by atoms with van der Waals surface area (Å²) in [6.07, 6.45) is -0.437. The molecule has 2 N–H and O–H groups in total. The van der Waals surface area contributed by atoms with Gasteiger partial charge in [0, 0.05) is 12.1 Å². The van der Waals surface area contributed by atoms with Crippen LogP contribution in [0.25, 0.3) is 0 Å². The first-order valence-electron chi connectivity index (χ1n) is 5.53. The monoisotopic (exact) mass is 221 g/mol. The van der Waals surface area contributed by atoms with Crippen molar-refractivity contribution in [2.45, 2.75) is 32.9 Å². The number of aryl methyl sites for hydroxylation is 1. The fourth-order valence-electron chi connectivity index (χ4n) is 1.41. The molecular formula is C13H19NO2. The van der Waals surface area contributed by atoms with Crippen molar-refractivity contribution in [3.8, 4) is 0 Å². The molecule has 0 aromatic heterocycles. The van der Waals surface area contributed by atoms with Crippen LogP contribution in [-0.4, -0.2) is 29.6 Å². The van der Waals surface area contributed by atoms with Crippen LogP contribution >= 0.6 is 0 Å². The number of hydrogen-bond acceptors (Lipinski definition) is 3. The van der Waals surface area contributed by atoms with E-state index in [0.29, 0.717) is 12.1 Å². The first kappa shape index (κ1) is 12.9. The smallest absolute Gasteiger partial charge is 0.179 e. The van der Waals surface area contributed by atoms with Gasteiger partial charge < -0.3 is 10.4 Å². The summed E-state index contributed by atoms with van der Waals surface area (Å²) in [6.45, 7) is 5.92. The van der Waals surface area contributed by atoms with E-state index >= 15 is 0 Å². The van der Waals surface area contributed by atoms with E-state index in [1.165, 1.54) is 0 Å². The van der Waals surface area contributed by atoms with Gasteiger partial charge in [-0.15, -0.1) is 0 Å². The Hall–Kier alpha value is -1.19. The average molecular weight is 221 g/mol. The van der Waals surface area contributed by atoms with E-state index in [2.05, 4.69) is 5.32 Å². The second-order valence-electron chi connectivity index (χ2n) is 4.21. The van der Waals surface area contributed by atoms with Crippen LogP contribution in [0.2, 0.25) is 0 Å². The highest BCUT2D eigenvalue weighted by Crippen LogP contribution is 2.06. The molecule has 0 saturated heterocycles. The van der Waals surface area contributed by atoms with Gasteiger partial charge in [0.25, 0.3) is 0 Å². The Kier molecular flexibility index (Phi) is 4.65. The summed E-state index contributed by atoms with van der Waals surface area (Å²) in [4.78, 5) is 11.9. The van der Waals surface area contributed by atoms with Crippen molar-refractivity contribution in [1.29, 1.82) is 0 Å². The third-order valence-corrected chi connectivity index (χ3v) is 2.45. The zero-order valence-electron chi connectivity index (χ0n) is 10.0. The topological polar surface area (TPSA) is 49.3 Å². The zero-order valence-corrected chi connectivity index (χ0v) is 10.0. The van der Waals surface area contributed by atoms with Crippen molar-refractivity contribution in [2.75, 3.05) is 6.54 Å². The predicted molar refractivity (Wildman–Crippen MR) is 64.7 cm³/mol. The lowest BCUT2D eigenvalue weighted by molar-refractivity contribution is 0.0941. The van der Waals surface area contributed by atoms with Crippen LogP contribution in [0.5, 0.6) is 0 Å². The Morgan fingerprint density at radius 3 is 2.38 bits per heavy atom. The molecule has 0 bridgehead atoms. The van der Waals surface area contributed by atoms with Crippen molar-refractivity contribution < 1.29 is 9.90 Å². The molecule has 2 unspecified atom stereocenters. The number of ketones is 1. The molecule has 1 rings (SSSR count). The van der Waals surface area contributed by atoms with Gasteiger partial charge in [-0.25, -0.2) is 0 Å². The van der Waals surface area contributed by atoms with Crippen molar-refractivity contribution in [1.82, 2.24) is 5.32 Å². The third-order valence-electron chi connectivity index (χ3n) is 2.45. The van der Waals surface area contributed by atoms with E-state index in [1.807, 2.05) is 38.1 Å². The fourth-order valence-corrected chi connectivity index (χ4v) is 1.41. The summed E-state index contributed by atoms with van der Waals surface area (Å²) in [5.41, 5.74) is 1.84. The highest BCUT2D eigenvalue weighted by atomic mass is 16.3. The molecule has 0 aliphatic rings. The molecule has 0 heterocycles. The number of carbonyl (C=O) groups is 1. The standard InChI is InChI=1S/C13H19NO2/c1-9-4-6-12(7-5-9)13(16)11(3)14-8-10(2)15/h4-7,10-11,14-15H,8H2,1-3H3. The van der Waals surface area contributed by atoms with E-state index in [1.54, 1.807) is 6.92 Å². The summed E-state index contributed by atoms with van der Waals surface area (Å²) >= 11 is 0. The molecule has 3 nitrogen and oxygen atoms in total. The molecule has 0 fully saturated rings. The van der Waals surface area contributed by atoms with E-state index in [0.717, 1.165) is 5.56 Å². The number of nitrogens with one attached hydrogen (secondary N) is 1. The predicted octanol–water partition coefficient (Wildman–Crippen LogP) is 1.54. The van der Waals surface area contributed by atoms with Gasteiger partial charge in [0.15, 0.2) is 5.78 Å². The van der Waals surface area contributed by atoms with Gasteiger partial charge in [-0.05, 0) is 20.8 Å². The minimum absolute atomic E-state index is 0.0562. The maximum atomic E-state index is 11.9.